The molecule has 102 valence electrons. The number of esters is 1. The van der Waals surface area contributed by atoms with E-state index in [0.29, 0.717) is 12.8 Å². The second kappa shape index (κ2) is 5.18. The van der Waals surface area contributed by atoms with Crippen LogP contribution in [-0.2, 0) is 9.53 Å². The van der Waals surface area contributed by atoms with Crippen molar-refractivity contribution in [2.45, 2.75) is 45.7 Å². The first-order valence-corrected chi connectivity index (χ1v) is 5.06. The minimum absolute atomic E-state index is 0.467. The molecule has 0 aromatic heterocycles. The Kier molecular flexibility index (Phi) is 4.91. The lowest BCUT2D eigenvalue weighted by Crippen LogP contribution is -2.46. The van der Waals surface area contributed by atoms with Crippen LogP contribution in [0, 0.1) is 5.41 Å². The number of halogens is 5. The first-order valence-electron chi connectivity index (χ1n) is 5.06. The molecule has 0 aliphatic carbocycles. The van der Waals surface area contributed by atoms with Gasteiger partial charge in [-0.1, -0.05) is 27.2 Å². The number of rotatable bonds is 5. The quantitative estimate of drug-likeness (QED) is 0.559. The molecule has 0 heterocycles. The van der Waals surface area contributed by atoms with E-state index in [9.17, 15) is 26.7 Å². The smallest absolute Gasteiger partial charge is 0.460 e. The van der Waals surface area contributed by atoms with Gasteiger partial charge in [-0.05, 0) is 11.8 Å². The van der Waals surface area contributed by atoms with E-state index in [-0.39, 0.29) is 0 Å². The van der Waals surface area contributed by atoms with E-state index < -0.39 is 30.1 Å². The third-order valence-corrected chi connectivity index (χ3v) is 2.13. The van der Waals surface area contributed by atoms with Crippen LogP contribution in [0.15, 0.2) is 0 Å². The Morgan fingerprint density at radius 2 is 1.59 bits per heavy atom. The average molecular weight is 262 g/mol. The molecule has 0 bridgehead atoms. The van der Waals surface area contributed by atoms with E-state index in [1.165, 1.54) is 0 Å². The zero-order chi connectivity index (χ0) is 13.9. The summed E-state index contributed by atoms with van der Waals surface area (Å²) in [6.07, 6.45) is -4.66. The van der Waals surface area contributed by atoms with Crippen molar-refractivity contribution in [1.82, 2.24) is 0 Å². The lowest BCUT2D eigenvalue weighted by Gasteiger charge is -2.25. The Bertz CT molecular complexity index is 270. The fourth-order valence-electron chi connectivity index (χ4n) is 1.22. The Morgan fingerprint density at radius 1 is 1.12 bits per heavy atom. The number of alkyl halides is 5. The van der Waals surface area contributed by atoms with Crippen molar-refractivity contribution < 1.29 is 31.5 Å². The molecule has 0 rings (SSSR count). The molecule has 0 atom stereocenters. The van der Waals surface area contributed by atoms with Gasteiger partial charge in [0, 0.05) is 0 Å². The molecule has 0 saturated carbocycles. The first-order chi connectivity index (χ1) is 7.44. The van der Waals surface area contributed by atoms with E-state index in [1.54, 1.807) is 13.8 Å². The van der Waals surface area contributed by atoms with Gasteiger partial charge in [-0.3, -0.25) is 0 Å². The molecule has 17 heavy (non-hydrogen) atoms. The van der Waals surface area contributed by atoms with E-state index in [0.717, 1.165) is 0 Å². The van der Waals surface area contributed by atoms with Gasteiger partial charge in [0.05, 0.1) is 6.61 Å². The molecule has 0 unspecified atom stereocenters. The summed E-state index contributed by atoms with van der Waals surface area (Å²) in [7, 11) is 0. The molecule has 0 saturated heterocycles. The summed E-state index contributed by atoms with van der Waals surface area (Å²) in [5.41, 5.74) is -0.619. The molecule has 0 amide bonds. The second-order valence-corrected chi connectivity index (χ2v) is 4.56. The summed E-state index contributed by atoms with van der Waals surface area (Å²) in [6, 6.07) is 0. The molecule has 0 radical (unpaired) electrons. The SMILES string of the molecule is CCCC(C)(C)COC(=O)C(F)(F)C(F)(F)F. The minimum atomic E-state index is -5.92. The summed E-state index contributed by atoms with van der Waals surface area (Å²) in [4.78, 5) is 10.7. The van der Waals surface area contributed by atoms with Gasteiger partial charge in [-0.15, -0.1) is 0 Å². The van der Waals surface area contributed by atoms with Crippen LogP contribution in [-0.4, -0.2) is 24.7 Å². The molecular weight excluding hydrogens is 247 g/mol. The van der Waals surface area contributed by atoms with Crippen molar-refractivity contribution in [3.05, 3.63) is 0 Å². The largest absolute Gasteiger partial charge is 0.465 e. The van der Waals surface area contributed by atoms with E-state index >= 15 is 0 Å². The molecule has 0 aliphatic rings. The van der Waals surface area contributed by atoms with Crippen molar-refractivity contribution in [2.24, 2.45) is 5.41 Å². The zero-order valence-corrected chi connectivity index (χ0v) is 9.83. The lowest BCUT2D eigenvalue weighted by atomic mass is 9.89. The Morgan fingerprint density at radius 3 is 1.94 bits per heavy atom. The maximum atomic E-state index is 12.5. The Labute approximate surface area is 96.1 Å². The van der Waals surface area contributed by atoms with E-state index in [1.807, 2.05) is 6.92 Å². The number of hydrogen-bond acceptors (Lipinski definition) is 2. The third kappa shape index (κ3) is 4.47. The van der Waals surface area contributed by atoms with Gasteiger partial charge in [-0.25, -0.2) is 4.79 Å². The van der Waals surface area contributed by atoms with E-state index in [2.05, 4.69) is 4.74 Å². The standard InChI is InChI=1S/C10H15F5O2/c1-4-5-8(2,3)6-17-7(16)9(11,12)10(13,14)15/h4-6H2,1-3H3. The summed E-state index contributed by atoms with van der Waals surface area (Å²) in [5.74, 6) is -8.00. The van der Waals surface area contributed by atoms with Crippen molar-refractivity contribution in [3.8, 4) is 0 Å². The molecule has 2 nitrogen and oxygen atoms in total. The lowest BCUT2D eigenvalue weighted by molar-refractivity contribution is -0.281. The van der Waals surface area contributed by atoms with E-state index in [4.69, 9.17) is 0 Å². The highest BCUT2D eigenvalue weighted by atomic mass is 19.4. The predicted octanol–water partition coefficient (Wildman–Crippen LogP) is 3.55. The molecule has 7 heteroatoms. The van der Waals surface area contributed by atoms with Gasteiger partial charge in [0.25, 0.3) is 0 Å². The first kappa shape index (κ1) is 16.1. The number of ether oxygens (including phenoxy) is 1. The van der Waals surface area contributed by atoms with Crippen LogP contribution in [0.2, 0.25) is 0 Å². The summed E-state index contributed by atoms with van der Waals surface area (Å²) in [5, 5.41) is 0. The van der Waals surface area contributed by atoms with Crippen LogP contribution in [0.4, 0.5) is 22.0 Å². The highest BCUT2D eigenvalue weighted by molar-refractivity contribution is 5.78. The Hall–Kier alpha value is -0.880. The number of carbonyl (C=O) groups excluding carboxylic acids is 1. The van der Waals surface area contributed by atoms with Gasteiger partial charge in [0.15, 0.2) is 0 Å². The molecular formula is C10H15F5O2. The van der Waals surface area contributed by atoms with Crippen LogP contribution >= 0.6 is 0 Å². The highest BCUT2D eigenvalue weighted by Gasteiger charge is 2.65. The van der Waals surface area contributed by atoms with Gasteiger partial charge in [0.2, 0.25) is 0 Å². The summed E-state index contributed by atoms with van der Waals surface area (Å²) < 4.78 is 64.4. The molecule has 0 N–H and O–H groups in total. The monoisotopic (exact) mass is 262 g/mol. The van der Waals surface area contributed by atoms with Crippen molar-refractivity contribution in [3.63, 3.8) is 0 Å². The van der Waals surface area contributed by atoms with Crippen LogP contribution in [0.25, 0.3) is 0 Å². The van der Waals surface area contributed by atoms with Crippen LogP contribution < -0.4 is 0 Å². The maximum Gasteiger partial charge on any atom is 0.465 e. The van der Waals surface area contributed by atoms with Crippen LogP contribution in [0.3, 0.4) is 0 Å². The van der Waals surface area contributed by atoms with Crippen molar-refractivity contribution in [2.75, 3.05) is 6.61 Å². The molecule has 0 spiro atoms. The summed E-state index contributed by atoms with van der Waals surface area (Å²) in [6.45, 7) is 4.60. The fourth-order valence-corrected chi connectivity index (χ4v) is 1.22. The highest BCUT2D eigenvalue weighted by Crippen LogP contribution is 2.36. The van der Waals surface area contributed by atoms with Gasteiger partial charge >= 0.3 is 18.1 Å². The fraction of sp³-hybridized carbons (Fsp3) is 0.900. The molecule has 0 aromatic rings. The molecule has 0 aliphatic heterocycles. The summed E-state index contributed by atoms with van der Waals surface area (Å²) >= 11 is 0. The van der Waals surface area contributed by atoms with Crippen molar-refractivity contribution in [1.29, 1.82) is 0 Å². The predicted molar refractivity (Wildman–Crippen MR) is 50.7 cm³/mol. The van der Waals surface area contributed by atoms with Gasteiger partial charge in [-0.2, -0.15) is 22.0 Å². The average Bonchev–Trinajstić information content (AvgIpc) is 2.12. The normalized spacial score (nSPS) is 13.6. The third-order valence-electron chi connectivity index (χ3n) is 2.13. The Balaban J connectivity index is 4.48. The van der Waals surface area contributed by atoms with Gasteiger partial charge < -0.3 is 4.74 Å². The van der Waals surface area contributed by atoms with Crippen molar-refractivity contribution >= 4 is 5.97 Å². The minimum Gasteiger partial charge on any atom is -0.460 e. The molecule has 0 aromatic carbocycles. The topological polar surface area (TPSA) is 26.3 Å². The molecule has 0 fully saturated rings. The van der Waals surface area contributed by atoms with Crippen LogP contribution in [0.1, 0.15) is 33.6 Å². The maximum absolute atomic E-state index is 12.5. The van der Waals surface area contributed by atoms with Crippen LogP contribution in [0.5, 0.6) is 0 Å². The zero-order valence-electron chi connectivity index (χ0n) is 9.83. The van der Waals surface area contributed by atoms with Gasteiger partial charge in [0.1, 0.15) is 0 Å². The number of carbonyl (C=O) groups is 1. The second-order valence-electron chi connectivity index (χ2n) is 4.56. The number of hydrogen-bond donors (Lipinski definition) is 0.